The number of hydrogen-bond donors (Lipinski definition) is 0. The zero-order valence-electron chi connectivity index (χ0n) is 8.59. The topological polar surface area (TPSA) is 12.9 Å². The van der Waals surface area contributed by atoms with E-state index in [9.17, 15) is 0 Å². The van der Waals surface area contributed by atoms with E-state index in [0.29, 0.717) is 11.1 Å². The highest BCUT2D eigenvalue weighted by atomic mass is 79.9. The van der Waals surface area contributed by atoms with Crippen LogP contribution in [0.15, 0.2) is 28.9 Å². The first-order chi connectivity index (χ1) is 7.09. The number of benzene rings is 1. The van der Waals surface area contributed by atoms with Crippen molar-refractivity contribution >= 4 is 38.3 Å². The predicted molar refractivity (Wildman–Crippen MR) is 68.5 cm³/mol. The Hall–Kier alpha value is -0.600. The molecule has 0 unspecified atom stereocenters. The highest BCUT2D eigenvalue weighted by Gasteiger charge is 2.08. The van der Waals surface area contributed by atoms with Gasteiger partial charge < -0.3 is 0 Å². The molecule has 0 aliphatic heterocycles. The second-order valence-corrected chi connectivity index (χ2v) is 4.97. The molecule has 1 heterocycles. The van der Waals surface area contributed by atoms with Gasteiger partial charge in [-0.2, -0.15) is 0 Å². The SMILES string of the molecule is CC(C)c1cccc2c(Br)nc(Cl)cc12. The van der Waals surface area contributed by atoms with Crippen LogP contribution in [0, 0.1) is 0 Å². The normalized spacial score (nSPS) is 11.3. The molecule has 1 nitrogen and oxygen atoms in total. The summed E-state index contributed by atoms with van der Waals surface area (Å²) < 4.78 is 0.813. The molecule has 0 aliphatic rings. The molecule has 1 aromatic carbocycles. The van der Waals surface area contributed by atoms with E-state index in [4.69, 9.17) is 11.6 Å². The zero-order valence-corrected chi connectivity index (χ0v) is 10.9. The fraction of sp³-hybridized carbons (Fsp3) is 0.250. The Bertz CT molecular complexity index is 508. The van der Waals surface area contributed by atoms with Crippen molar-refractivity contribution in [1.82, 2.24) is 4.98 Å². The van der Waals surface area contributed by atoms with Gasteiger partial charge in [-0.15, -0.1) is 0 Å². The third-order valence-corrected chi connectivity index (χ3v) is 3.25. The Balaban J connectivity index is 2.85. The van der Waals surface area contributed by atoms with Gasteiger partial charge in [-0.1, -0.05) is 43.6 Å². The van der Waals surface area contributed by atoms with E-state index in [1.807, 2.05) is 6.07 Å². The number of fused-ring (bicyclic) bond motifs is 1. The standard InChI is InChI=1S/C12H11BrClN/c1-7(2)8-4-3-5-9-10(8)6-11(14)15-12(9)13/h3-7H,1-2H3. The van der Waals surface area contributed by atoms with Crippen molar-refractivity contribution in [3.8, 4) is 0 Å². The van der Waals surface area contributed by atoms with E-state index in [1.165, 1.54) is 10.9 Å². The predicted octanol–water partition coefficient (Wildman–Crippen LogP) is 4.77. The van der Waals surface area contributed by atoms with Crippen LogP contribution in [-0.4, -0.2) is 4.98 Å². The van der Waals surface area contributed by atoms with Crippen LogP contribution in [0.5, 0.6) is 0 Å². The maximum Gasteiger partial charge on any atom is 0.131 e. The minimum absolute atomic E-state index is 0.485. The number of halogens is 2. The van der Waals surface area contributed by atoms with Crippen molar-refractivity contribution in [2.24, 2.45) is 0 Å². The molecule has 0 N–H and O–H groups in total. The average molecular weight is 285 g/mol. The lowest BCUT2D eigenvalue weighted by atomic mass is 9.97. The van der Waals surface area contributed by atoms with E-state index >= 15 is 0 Å². The Morgan fingerprint density at radius 3 is 2.67 bits per heavy atom. The lowest BCUT2D eigenvalue weighted by Gasteiger charge is -2.10. The van der Waals surface area contributed by atoms with Crippen LogP contribution in [0.3, 0.4) is 0 Å². The van der Waals surface area contributed by atoms with Gasteiger partial charge in [-0.05, 0) is 38.9 Å². The molecule has 0 fully saturated rings. The summed E-state index contributed by atoms with van der Waals surface area (Å²) in [6.07, 6.45) is 0. The first-order valence-electron chi connectivity index (χ1n) is 4.84. The van der Waals surface area contributed by atoms with E-state index in [-0.39, 0.29) is 0 Å². The summed E-state index contributed by atoms with van der Waals surface area (Å²) in [5.74, 6) is 0.485. The quantitative estimate of drug-likeness (QED) is 0.687. The summed E-state index contributed by atoms with van der Waals surface area (Å²) in [4.78, 5) is 4.18. The Morgan fingerprint density at radius 1 is 1.27 bits per heavy atom. The van der Waals surface area contributed by atoms with Gasteiger partial charge in [0.15, 0.2) is 0 Å². The molecule has 0 atom stereocenters. The van der Waals surface area contributed by atoms with Crippen molar-refractivity contribution in [2.45, 2.75) is 19.8 Å². The Kier molecular flexibility index (Phi) is 2.98. The van der Waals surface area contributed by atoms with Crippen molar-refractivity contribution in [3.05, 3.63) is 39.6 Å². The molecule has 0 saturated carbocycles. The summed E-state index contributed by atoms with van der Waals surface area (Å²) in [5, 5.41) is 2.83. The second-order valence-electron chi connectivity index (χ2n) is 3.83. The van der Waals surface area contributed by atoms with Crippen LogP contribution in [0.1, 0.15) is 25.3 Å². The first-order valence-corrected chi connectivity index (χ1v) is 6.01. The highest BCUT2D eigenvalue weighted by Crippen LogP contribution is 2.30. The largest absolute Gasteiger partial charge is 0.229 e. The molecule has 3 heteroatoms. The van der Waals surface area contributed by atoms with Gasteiger partial charge in [0.2, 0.25) is 0 Å². The molecule has 0 saturated heterocycles. The van der Waals surface area contributed by atoms with E-state index < -0.39 is 0 Å². The molecule has 1 aromatic heterocycles. The van der Waals surface area contributed by atoms with Gasteiger partial charge in [0.05, 0.1) is 0 Å². The maximum absolute atomic E-state index is 5.96. The summed E-state index contributed by atoms with van der Waals surface area (Å²) in [6, 6.07) is 8.17. The fourth-order valence-electron chi connectivity index (χ4n) is 1.73. The van der Waals surface area contributed by atoms with Gasteiger partial charge in [0.1, 0.15) is 9.76 Å². The monoisotopic (exact) mass is 283 g/mol. The number of nitrogens with zero attached hydrogens (tertiary/aromatic N) is 1. The van der Waals surface area contributed by atoms with Crippen LogP contribution >= 0.6 is 27.5 Å². The van der Waals surface area contributed by atoms with Gasteiger partial charge in [-0.25, -0.2) is 4.98 Å². The smallest absolute Gasteiger partial charge is 0.131 e. The lowest BCUT2D eigenvalue weighted by molar-refractivity contribution is 0.876. The molecule has 0 aliphatic carbocycles. The average Bonchev–Trinajstić information content (AvgIpc) is 2.16. The van der Waals surface area contributed by atoms with Crippen LogP contribution in [0.4, 0.5) is 0 Å². The van der Waals surface area contributed by atoms with Crippen molar-refractivity contribution < 1.29 is 0 Å². The molecule has 0 bridgehead atoms. The van der Waals surface area contributed by atoms with Crippen LogP contribution in [-0.2, 0) is 0 Å². The van der Waals surface area contributed by atoms with Gasteiger partial charge in [-0.3, -0.25) is 0 Å². The molecule has 0 radical (unpaired) electrons. The number of pyridine rings is 1. The Labute approximate surface area is 103 Å². The molecule has 2 aromatic rings. The summed E-state index contributed by atoms with van der Waals surface area (Å²) >= 11 is 9.39. The number of aromatic nitrogens is 1. The van der Waals surface area contributed by atoms with Crippen LogP contribution < -0.4 is 0 Å². The molecule has 2 rings (SSSR count). The summed E-state index contributed by atoms with van der Waals surface area (Å²) in [5.41, 5.74) is 1.30. The third kappa shape index (κ3) is 2.01. The number of hydrogen-bond acceptors (Lipinski definition) is 1. The minimum atomic E-state index is 0.485. The maximum atomic E-state index is 5.96. The fourth-order valence-corrected chi connectivity index (χ4v) is 2.57. The first kappa shape index (κ1) is 10.9. The Morgan fingerprint density at radius 2 is 2.00 bits per heavy atom. The third-order valence-electron chi connectivity index (χ3n) is 2.45. The minimum Gasteiger partial charge on any atom is -0.229 e. The molecular weight excluding hydrogens is 273 g/mol. The highest BCUT2D eigenvalue weighted by molar-refractivity contribution is 9.10. The van der Waals surface area contributed by atoms with Crippen molar-refractivity contribution in [3.63, 3.8) is 0 Å². The van der Waals surface area contributed by atoms with E-state index in [1.54, 1.807) is 0 Å². The number of rotatable bonds is 1. The second kappa shape index (κ2) is 4.11. The van der Waals surface area contributed by atoms with Crippen molar-refractivity contribution in [2.75, 3.05) is 0 Å². The van der Waals surface area contributed by atoms with E-state index in [2.05, 4.69) is 53.0 Å². The summed E-state index contributed by atoms with van der Waals surface area (Å²) in [6.45, 7) is 4.36. The lowest BCUT2D eigenvalue weighted by Crippen LogP contribution is -1.91. The van der Waals surface area contributed by atoms with Crippen molar-refractivity contribution in [1.29, 1.82) is 0 Å². The van der Waals surface area contributed by atoms with Crippen LogP contribution in [0.2, 0.25) is 5.15 Å². The van der Waals surface area contributed by atoms with E-state index in [0.717, 1.165) is 9.99 Å². The molecule has 78 valence electrons. The molecule has 0 spiro atoms. The molecule has 0 amide bonds. The molecule has 15 heavy (non-hydrogen) atoms. The van der Waals surface area contributed by atoms with Gasteiger partial charge >= 0.3 is 0 Å². The van der Waals surface area contributed by atoms with Gasteiger partial charge in [0.25, 0.3) is 0 Å². The molecular formula is C12H11BrClN. The van der Waals surface area contributed by atoms with Crippen LogP contribution in [0.25, 0.3) is 10.8 Å². The zero-order chi connectivity index (χ0) is 11.0. The summed E-state index contributed by atoms with van der Waals surface area (Å²) in [7, 11) is 0. The van der Waals surface area contributed by atoms with Gasteiger partial charge in [0, 0.05) is 5.39 Å².